The third-order valence-corrected chi connectivity index (χ3v) is 3.83. The topological polar surface area (TPSA) is 68.3 Å². The number of benzene rings is 1. The summed E-state index contributed by atoms with van der Waals surface area (Å²) in [6.07, 6.45) is 2.28. The average Bonchev–Trinajstić information content (AvgIpc) is 3.22. The number of aryl methyl sites for hydroxylation is 1. The van der Waals surface area contributed by atoms with Crippen LogP contribution in [-0.4, -0.2) is 18.5 Å². The van der Waals surface area contributed by atoms with E-state index < -0.39 is 0 Å². The van der Waals surface area contributed by atoms with Crippen LogP contribution in [0, 0.1) is 18.7 Å². The molecule has 1 aliphatic rings. The lowest BCUT2D eigenvalue weighted by Gasteiger charge is -2.10. The van der Waals surface area contributed by atoms with Crippen molar-refractivity contribution in [1.82, 2.24) is 5.32 Å². The second kappa shape index (κ2) is 6.03. The summed E-state index contributed by atoms with van der Waals surface area (Å²) in [5, 5.41) is 3.41. The number of nitrogens with two attached hydrogens (primary N) is 1. The number of furan rings is 1. The van der Waals surface area contributed by atoms with Gasteiger partial charge in [0.25, 0.3) is 5.91 Å². The molecule has 0 bridgehead atoms. The van der Waals surface area contributed by atoms with Gasteiger partial charge in [-0.25, -0.2) is 4.39 Å². The SMILES string of the molecule is Cc1c(C(=O)NCC(N)C2CC2)oc2ccc(F)cc12.Cl. The third-order valence-electron chi connectivity index (χ3n) is 3.83. The van der Waals surface area contributed by atoms with Gasteiger partial charge in [-0.3, -0.25) is 4.79 Å². The minimum atomic E-state index is -0.343. The van der Waals surface area contributed by atoms with Crippen LogP contribution < -0.4 is 11.1 Å². The molecule has 4 nitrogen and oxygen atoms in total. The third kappa shape index (κ3) is 3.19. The second-order valence-electron chi connectivity index (χ2n) is 5.41. The molecule has 1 heterocycles. The van der Waals surface area contributed by atoms with E-state index in [9.17, 15) is 9.18 Å². The number of fused-ring (bicyclic) bond motifs is 1. The minimum Gasteiger partial charge on any atom is -0.451 e. The van der Waals surface area contributed by atoms with Gasteiger partial charge in [0, 0.05) is 23.5 Å². The Kier molecular flexibility index (Phi) is 4.54. The number of nitrogens with one attached hydrogen (secondary N) is 1. The zero-order valence-electron chi connectivity index (χ0n) is 11.7. The van der Waals surface area contributed by atoms with Gasteiger partial charge in [-0.05, 0) is 43.9 Å². The van der Waals surface area contributed by atoms with Gasteiger partial charge in [0.2, 0.25) is 0 Å². The van der Waals surface area contributed by atoms with Crippen molar-refractivity contribution in [2.75, 3.05) is 6.54 Å². The molecule has 1 fully saturated rings. The summed E-state index contributed by atoms with van der Waals surface area (Å²) >= 11 is 0. The van der Waals surface area contributed by atoms with Gasteiger partial charge in [0.1, 0.15) is 11.4 Å². The van der Waals surface area contributed by atoms with Crippen molar-refractivity contribution >= 4 is 29.3 Å². The van der Waals surface area contributed by atoms with Crippen LogP contribution >= 0.6 is 12.4 Å². The van der Waals surface area contributed by atoms with E-state index in [2.05, 4.69) is 5.32 Å². The van der Waals surface area contributed by atoms with E-state index in [0.717, 1.165) is 12.8 Å². The maximum Gasteiger partial charge on any atom is 0.287 e. The van der Waals surface area contributed by atoms with Crippen LogP contribution in [0.4, 0.5) is 4.39 Å². The molecule has 2 aromatic rings. The molecule has 21 heavy (non-hydrogen) atoms. The van der Waals surface area contributed by atoms with Crippen LogP contribution in [0.2, 0.25) is 0 Å². The van der Waals surface area contributed by atoms with Crippen molar-refractivity contribution in [3.8, 4) is 0 Å². The normalized spacial score (nSPS) is 15.6. The summed E-state index contributed by atoms with van der Waals surface area (Å²) in [4.78, 5) is 12.1. The summed E-state index contributed by atoms with van der Waals surface area (Å²) in [6, 6.07) is 4.22. The number of carbonyl (C=O) groups is 1. The zero-order valence-corrected chi connectivity index (χ0v) is 12.5. The van der Waals surface area contributed by atoms with E-state index in [0.29, 0.717) is 29.0 Å². The Morgan fingerprint density at radius 1 is 1.52 bits per heavy atom. The fourth-order valence-electron chi connectivity index (χ4n) is 2.39. The number of hydrogen-bond acceptors (Lipinski definition) is 3. The van der Waals surface area contributed by atoms with Crippen LogP contribution in [0.5, 0.6) is 0 Å². The Labute approximate surface area is 128 Å². The molecule has 1 saturated carbocycles. The Morgan fingerprint density at radius 2 is 2.24 bits per heavy atom. The molecule has 0 saturated heterocycles. The maximum atomic E-state index is 13.2. The Balaban J connectivity index is 0.00000161. The average molecular weight is 313 g/mol. The largest absolute Gasteiger partial charge is 0.451 e. The van der Waals surface area contributed by atoms with E-state index in [1.807, 2.05) is 0 Å². The Hall–Kier alpha value is -1.59. The molecule has 1 amide bonds. The van der Waals surface area contributed by atoms with Crippen molar-refractivity contribution in [1.29, 1.82) is 0 Å². The van der Waals surface area contributed by atoms with E-state index >= 15 is 0 Å². The molecule has 3 rings (SSSR count). The van der Waals surface area contributed by atoms with E-state index in [1.165, 1.54) is 18.2 Å². The summed E-state index contributed by atoms with van der Waals surface area (Å²) < 4.78 is 18.7. The molecule has 1 aliphatic carbocycles. The van der Waals surface area contributed by atoms with Crippen LogP contribution in [0.1, 0.15) is 29.0 Å². The summed E-state index contributed by atoms with van der Waals surface area (Å²) in [7, 11) is 0. The summed E-state index contributed by atoms with van der Waals surface area (Å²) in [6.45, 7) is 2.19. The van der Waals surface area contributed by atoms with Gasteiger partial charge < -0.3 is 15.5 Å². The highest BCUT2D eigenvalue weighted by Crippen LogP contribution is 2.31. The molecule has 0 aliphatic heterocycles. The number of rotatable bonds is 4. The van der Waals surface area contributed by atoms with Gasteiger partial charge in [0.15, 0.2) is 5.76 Å². The maximum absolute atomic E-state index is 13.2. The molecule has 114 valence electrons. The quantitative estimate of drug-likeness (QED) is 0.912. The molecule has 0 radical (unpaired) electrons. The predicted molar refractivity (Wildman–Crippen MR) is 81.2 cm³/mol. The monoisotopic (exact) mass is 312 g/mol. The van der Waals surface area contributed by atoms with Crippen LogP contribution in [0.15, 0.2) is 22.6 Å². The predicted octanol–water partition coefficient (Wildman–Crippen LogP) is 2.77. The van der Waals surface area contributed by atoms with Crippen LogP contribution in [0.25, 0.3) is 11.0 Å². The molecule has 0 spiro atoms. The lowest BCUT2D eigenvalue weighted by molar-refractivity contribution is 0.0924. The van der Waals surface area contributed by atoms with E-state index in [4.69, 9.17) is 10.2 Å². The molecular formula is C15H18ClFN2O2. The Bertz CT molecular complexity index is 667. The van der Waals surface area contributed by atoms with Gasteiger partial charge in [0.05, 0.1) is 0 Å². The first kappa shape index (κ1) is 15.8. The van der Waals surface area contributed by atoms with Gasteiger partial charge >= 0.3 is 0 Å². The fraction of sp³-hybridized carbons (Fsp3) is 0.400. The van der Waals surface area contributed by atoms with Gasteiger partial charge in [-0.1, -0.05) is 0 Å². The molecule has 6 heteroatoms. The number of carbonyl (C=O) groups excluding carboxylic acids is 1. The summed E-state index contributed by atoms with van der Waals surface area (Å²) in [5.74, 6) is 0.120. The van der Waals surface area contributed by atoms with Crippen molar-refractivity contribution < 1.29 is 13.6 Å². The van der Waals surface area contributed by atoms with Crippen molar-refractivity contribution in [3.05, 3.63) is 35.3 Å². The molecule has 1 unspecified atom stereocenters. The van der Waals surface area contributed by atoms with Crippen molar-refractivity contribution in [2.45, 2.75) is 25.8 Å². The van der Waals surface area contributed by atoms with E-state index in [-0.39, 0.29) is 35.9 Å². The molecular weight excluding hydrogens is 295 g/mol. The van der Waals surface area contributed by atoms with Crippen molar-refractivity contribution in [3.63, 3.8) is 0 Å². The standard InChI is InChI=1S/C15H17FN2O2.ClH/c1-8-11-6-10(16)4-5-13(11)20-14(8)15(19)18-7-12(17)9-2-3-9;/h4-6,9,12H,2-3,7,17H2,1H3,(H,18,19);1H. The molecule has 1 atom stereocenters. The number of amides is 1. The van der Waals surface area contributed by atoms with E-state index in [1.54, 1.807) is 6.92 Å². The lowest BCUT2D eigenvalue weighted by Crippen LogP contribution is -2.38. The molecule has 3 N–H and O–H groups in total. The molecule has 1 aromatic heterocycles. The highest BCUT2D eigenvalue weighted by molar-refractivity contribution is 5.98. The highest BCUT2D eigenvalue weighted by atomic mass is 35.5. The van der Waals surface area contributed by atoms with Crippen LogP contribution in [0.3, 0.4) is 0 Å². The van der Waals surface area contributed by atoms with Crippen LogP contribution in [-0.2, 0) is 0 Å². The smallest absolute Gasteiger partial charge is 0.287 e. The number of halogens is 2. The minimum absolute atomic E-state index is 0. The van der Waals surface area contributed by atoms with Gasteiger partial charge in [-0.2, -0.15) is 0 Å². The zero-order chi connectivity index (χ0) is 14.3. The fourth-order valence-corrected chi connectivity index (χ4v) is 2.39. The molecule has 1 aromatic carbocycles. The summed E-state index contributed by atoms with van der Waals surface area (Å²) in [5.41, 5.74) is 7.11. The van der Waals surface area contributed by atoms with Crippen molar-refractivity contribution in [2.24, 2.45) is 11.7 Å². The highest BCUT2D eigenvalue weighted by Gasteiger charge is 2.29. The Morgan fingerprint density at radius 3 is 2.90 bits per heavy atom. The number of hydrogen-bond donors (Lipinski definition) is 2. The first-order valence-electron chi connectivity index (χ1n) is 6.78. The lowest BCUT2D eigenvalue weighted by atomic mass is 10.1. The first-order chi connectivity index (χ1) is 9.56. The second-order valence-corrected chi connectivity index (χ2v) is 5.41. The first-order valence-corrected chi connectivity index (χ1v) is 6.78. The van der Waals surface area contributed by atoms with Gasteiger partial charge in [-0.15, -0.1) is 12.4 Å².